The molecule has 2 aromatic rings. The molecular formula is C11H12N4O3S. The summed E-state index contributed by atoms with van der Waals surface area (Å²) < 4.78 is 1.33. The molecular weight excluding hydrogens is 268 g/mol. The van der Waals surface area contributed by atoms with Crippen molar-refractivity contribution in [2.24, 2.45) is 5.41 Å². The molecule has 0 aromatic carbocycles. The fourth-order valence-corrected chi connectivity index (χ4v) is 3.12. The first kappa shape index (κ1) is 12.2. The highest BCUT2D eigenvalue weighted by molar-refractivity contribution is 7.99. The first-order valence-corrected chi connectivity index (χ1v) is 6.84. The lowest BCUT2D eigenvalue weighted by Gasteiger charge is -2.10. The Morgan fingerprint density at radius 3 is 3.05 bits per heavy atom. The number of carbonyl (C=O) groups is 1. The molecule has 2 N–H and O–H groups in total. The zero-order valence-corrected chi connectivity index (χ0v) is 10.8. The van der Waals surface area contributed by atoms with Crippen LogP contribution in [0, 0.1) is 5.41 Å². The topological polar surface area (TPSA) is 100 Å². The normalized spacial score (nSPS) is 16.6. The number of fused-ring (bicyclic) bond motifs is 1. The van der Waals surface area contributed by atoms with Crippen LogP contribution in [0.25, 0.3) is 5.65 Å². The summed E-state index contributed by atoms with van der Waals surface area (Å²) in [6.07, 6.45) is 3.55. The first-order chi connectivity index (χ1) is 9.08. The number of hydrogen-bond acceptors (Lipinski definition) is 5. The maximum absolute atomic E-state index is 11.3. The quantitative estimate of drug-likeness (QED) is 0.619. The lowest BCUT2D eigenvalue weighted by atomic mass is 10.1. The van der Waals surface area contributed by atoms with Crippen LogP contribution < -0.4 is 5.69 Å². The number of nitrogens with zero attached hydrogens (tertiary/aromatic N) is 3. The summed E-state index contributed by atoms with van der Waals surface area (Å²) in [5.74, 6) is -0.0164. The molecule has 1 aliphatic carbocycles. The van der Waals surface area contributed by atoms with Crippen LogP contribution in [-0.2, 0) is 4.79 Å². The van der Waals surface area contributed by atoms with Gasteiger partial charge in [-0.25, -0.2) is 19.3 Å². The highest BCUT2D eigenvalue weighted by Gasteiger charge is 2.44. The molecule has 0 unspecified atom stereocenters. The number of rotatable bonds is 5. The number of H-pyrrole nitrogens is 1. The third kappa shape index (κ3) is 2.48. The molecule has 0 atom stereocenters. The molecule has 1 saturated carbocycles. The molecule has 8 heteroatoms. The van der Waals surface area contributed by atoms with Crippen molar-refractivity contribution in [2.75, 3.05) is 5.75 Å². The molecule has 3 rings (SSSR count). The van der Waals surface area contributed by atoms with E-state index < -0.39 is 5.97 Å². The molecule has 19 heavy (non-hydrogen) atoms. The predicted molar refractivity (Wildman–Crippen MR) is 68.3 cm³/mol. The Kier molecular flexibility index (Phi) is 2.81. The third-order valence-electron chi connectivity index (χ3n) is 3.29. The highest BCUT2D eigenvalue weighted by Crippen LogP contribution is 2.51. The standard InChI is InChI=1S/C11H12N4O3S/c16-9(17)4-11(1-2-11)5-19-8-3-7-13-14-10(18)15(7)6-12-8/h3,6H,1-2,4-5H2,(H,14,18)(H,16,17). The van der Waals surface area contributed by atoms with Gasteiger partial charge >= 0.3 is 11.7 Å². The number of aromatic nitrogens is 4. The van der Waals surface area contributed by atoms with Gasteiger partial charge in [-0.15, -0.1) is 11.8 Å². The number of aromatic amines is 1. The minimum Gasteiger partial charge on any atom is -0.481 e. The van der Waals surface area contributed by atoms with Gasteiger partial charge in [-0.05, 0) is 18.3 Å². The van der Waals surface area contributed by atoms with Crippen molar-refractivity contribution in [1.29, 1.82) is 0 Å². The average Bonchev–Trinajstić information content (AvgIpc) is 3.03. The summed E-state index contributed by atoms with van der Waals surface area (Å²) in [5, 5.41) is 15.8. The molecule has 7 nitrogen and oxygen atoms in total. The van der Waals surface area contributed by atoms with Crippen molar-refractivity contribution < 1.29 is 9.90 Å². The summed E-state index contributed by atoms with van der Waals surface area (Å²) in [7, 11) is 0. The molecule has 1 fully saturated rings. The molecule has 2 aromatic heterocycles. The minimum atomic E-state index is -0.750. The van der Waals surface area contributed by atoms with Crippen LogP contribution in [0.4, 0.5) is 0 Å². The van der Waals surface area contributed by atoms with Gasteiger partial charge in [0.05, 0.1) is 6.42 Å². The van der Waals surface area contributed by atoms with Gasteiger partial charge in [0.2, 0.25) is 0 Å². The van der Waals surface area contributed by atoms with Gasteiger partial charge in [-0.2, -0.15) is 5.10 Å². The van der Waals surface area contributed by atoms with E-state index in [1.165, 1.54) is 22.5 Å². The summed E-state index contributed by atoms with van der Waals surface area (Å²) in [6.45, 7) is 0. The lowest BCUT2D eigenvalue weighted by molar-refractivity contribution is -0.138. The van der Waals surface area contributed by atoms with Gasteiger partial charge in [0.25, 0.3) is 0 Å². The van der Waals surface area contributed by atoms with Crippen molar-refractivity contribution in [3.8, 4) is 0 Å². The van der Waals surface area contributed by atoms with Crippen LogP contribution in [0.2, 0.25) is 0 Å². The van der Waals surface area contributed by atoms with Gasteiger partial charge in [-0.3, -0.25) is 4.79 Å². The zero-order chi connectivity index (χ0) is 13.5. The maximum Gasteiger partial charge on any atom is 0.348 e. The van der Waals surface area contributed by atoms with E-state index in [1.807, 2.05) is 0 Å². The van der Waals surface area contributed by atoms with E-state index in [9.17, 15) is 9.59 Å². The SMILES string of the molecule is O=C(O)CC1(CSc2cc3n[nH]c(=O)n3cn2)CC1. The Morgan fingerprint density at radius 2 is 2.37 bits per heavy atom. The Labute approximate surface area is 112 Å². The summed E-state index contributed by atoms with van der Waals surface area (Å²) >= 11 is 1.51. The van der Waals surface area contributed by atoms with E-state index in [2.05, 4.69) is 15.2 Å². The minimum absolute atomic E-state index is 0.0739. The van der Waals surface area contributed by atoms with Crippen molar-refractivity contribution in [3.05, 3.63) is 22.9 Å². The Hall–Kier alpha value is -1.83. The van der Waals surface area contributed by atoms with Crippen LogP contribution >= 0.6 is 11.8 Å². The number of thioether (sulfide) groups is 1. The number of carboxylic acid groups (broad SMARTS) is 1. The number of aliphatic carboxylic acids is 1. The molecule has 0 saturated heterocycles. The Bertz CT molecular complexity index is 689. The second-order valence-corrected chi connectivity index (χ2v) is 5.84. The molecule has 0 spiro atoms. The monoisotopic (exact) mass is 280 g/mol. The smallest absolute Gasteiger partial charge is 0.348 e. The maximum atomic E-state index is 11.3. The van der Waals surface area contributed by atoms with Crippen molar-refractivity contribution in [2.45, 2.75) is 24.3 Å². The molecule has 0 bridgehead atoms. The zero-order valence-electron chi connectivity index (χ0n) is 10.00. The number of carboxylic acids is 1. The number of nitrogens with one attached hydrogen (secondary N) is 1. The third-order valence-corrected chi connectivity index (χ3v) is 4.57. The Balaban J connectivity index is 1.72. The molecule has 0 aliphatic heterocycles. The van der Waals surface area contributed by atoms with Crippen molar-refractivity contribution in [1.82, 2.24) is 19.6 Å². The van der Waals surface area contributed by atoms with Gasteiger partial charge in [0, 0.05) is 11.8 Å². The van der Waals surface area contributed by atoms with E-state index in [1.54, 1.807) is 6.07 Å². The Morgan fingerprint density at radius 1 is 1.58 bits per heavy atom. The van der Waals surface area contributed by atoms with Crippen LogP contribution in [0.15, 0.2) is 22.2 Å². The molecule has 2 heterocycles. The van der Waals surface area contributed by atoms with Crippen LogP contribution in [-0.4, -0.2) is 36.4 Å². The summed E-state index contributed by atoms with van der Waals surface area (Å²) in [5.41, 5.74) is 0.129. The number of hydrogen-bond donors (Lipinski definition) is 2. The van der Waals surface area contributed by atoms with Gasteiger partial charge in [0.1, 0.15) is 11.4 Å². The summed E-state index contributed by atoms with van der Waals surface area (Å²) in [4.78, 5) is 26.2. The van der Waals surface area contributed by atoms with Crippen LogP contribution in [0.1, 0.15) is 19.3 Å². The van der Waals surface area contributed by atoms with Crippen LogP contribution in [0.5, 0.6) is 0 Å². The van der Waals surface area contributed by atoms with E-state index >= 15 is 0 Å². The van der Waals surface area contributed by atoms with E-state index in [0.717, 1.165) is 23.6 Å². The fraction of sp³-hybridized carbons (Fsp3) is 0.455. The second kappa shape index (κ2) is 4.37. The van der Waals surface area contributed by atoms with Crippen LogP contribution in [0.3, 0.4) is 0 Å². The predicted octanol–water partition coefficient (Wildman–Crippen LogP) is 0.765. The molecule has 1 aliphatic rings. The first-order valence-electron chi connectivity index (χ1n) is 5.85. The van der Waals surface area contributed by atoms with Crippen molar-refractivity contribution >= 4 is 23.4 Å². The van der Waals surface area contributed by atoms with E-state index in [-0.39, 0.29) is 17.5 Å². The highest BCUT2D eigenvalue weighted by atomic mass is 32.2. The van der Waals surface area contributed by atoms with Crippen molar-refractivity contribution in [3.63, 3.8) is 0 Å². The van der Waals surface area contributed by atoms with E-state index in [0.29, 0.717) is 5.65 Å². The molecule has 100 valence electrons. The molecule has 0 amide bonds. The lowest BCUT2D eigenvalue weighted by Crippen LogP contribution is -2.11. The van der Waals surface area contributed by atoms with Gasteiger partial charge in [0.15, 0.2) is 5.65 Å². The van der Waals surface area contributed by atoms with Gasteiger partial charge < -0.3 is 5.11 Å². The summed E-state index contributed by atoms with van der Waals surface area (Å²) in [6, 6.07) is 1.72. The van der Waals surface area contributed by atoms with Gasteiger partial charge in [-0.1, -0.05) is 0 Å². The second-order valence-electron chi connectivity index (χ2n) is 4.84. The fourth-order valence-electron chi connectivity index (χ4n) is 1.97. The molecule has 0 radical (unpaired) electrons. The average molecular weight is 280 g/mol. The van der Waals surface area contributed by atoms with E-state index in [4.69, 9.17) is 5.11 Å². The largest absolute Gasteiger partial charge is 0.481 e.